The van der Waals surface area contributed by atoms with Crippen LogP contribution in [0, 0.1) is 0 Å². The van der Waals surface area contributed by atoms with Gasteiger partial charge in [0.15, 0.2) is 6.54 Å². The predicted octanol–water partition coefficient (Wildman–Crippen LogP) is 1.04. The van der Waals surface area contributed by atoms with Gasteiger partial charge in [-0.15, -0.1) is 11.3 Å². The highest BCUT2D eigenvalue weighted by atomic mass is 32.1. The van der Waals surface area contributed by atoms with Crippen molar-refractivity contribution in [2.24, 2.45) is 0 Å². The van der Waals surface area contributed by atoms with Crippen LogP contribution in [0.4, 0.5) is 5.00 Å². The lowest BCUT2D eigenvalue weighted by atomic mass is 10.1. The smallest absolute Gasteiger partial charge is 0.341 e. The first-order valence-electron chi connectivity index (χ1n) is 9.08. The van der Waals surface area contributed by atoms with Crippen molar-refractivity contribution in [3.8, 4) is 0 Å². The fraction of sp³-hybridized carbons (Fsp3) is 0.667. The van der Waals surface area contributed by atoms with Crippen molar-refractivity contribution < 1.29 is 24.0 Å². The summed E-state index contributed by atoms with van der Waals surface area (Å²) in [4.78, 5) is 27.3. The lowest BCUT2D eigenvalue weighted by molar-refractivity contribution is -0.907. The standard InChI is InChI=1S/C18H26N2O4S/c1-4-23-18(22)16-13-6-5-7-14(13)25-17(16)19-15(21)10-20-8-11(2)24-12(3)9-20/h11-12H,4-10H2,1-3H3,(H,19,21)/p+1/t11-,12-/m0/s1. The van der Waals surface area contributed by atoms with E-state index in [0.29, 0.717) is 23.7 Å². The maximum Gasteiger partial charge on any atom is 0.341 e. The Bertz CT molecular complexity index is 648. The number of morpholine rings is 1. The van der Waals surface area contributed by atoms with Crippen molar-refractivity contribution >= 4 is 28.2 Å². The van der Waals surface area contributed by atoms with Crippen molar-refractivity contribution in [3.05, 3.63) is 16.0 Å². The van der Waals surface area contributed by atoms with E-state index in [1.54, 1.807) is 6.92 Å². The molecule has 2 N–H and O–H groups in total. The third kappa shape index (κ3) is 4.22. The van der Waals surface area contributed by atoms with Gasteiger partial charge in [-0.25, -0.2) is 4.79 Å². The van der Waals surface area contributed by atoms with Crippen LogP contribution in [0.15, 0.2) is 0 Å². The lowest BCUT2D eigenvalue weighted by Gasteiger charge is -2.31. The molecule has 1 aliphatic carbocycles. The molecule has 1 aromatic heterocycles. The molecule has 0 unspecified atom stereocenters. The number of carbonyl (C=O) groups is 2. The zero-order valence-electron chi connectivity index (χ0n) is 15.1. The molecule has 0 saturated carbocycles. The monoisotopic (exact) mass is 367 g/mol. The Morgan fingerprint density at radius 3 is 2.68 bits per heavy atom. The van der Waals surface area contributed by atoms with Crippen LogP contribution < -0.4 is 10.2 Å². The summed E-state index contributed by atoms with van der Waals surface area (Å²) in [6, 6.07) is 0. The van der Waals surface area contributed by atoms with Crippen molar-refractivity contribution in [1.29, 1.82) is 0 Å². The molecule has 1 fully saturated rings. The minimum Gasteiger partial charge on any atom is -0.462 e. The molecule has 25 heavy (non-hydrogen) atoms. The zero-order valence-corrected chi connectivity index (χ0v) is 16.0. The second kappa shape index (κ2) is 7.85. The largest absolute Gasteiger partial charge is 0.462 e. The number of thiophene rings is 1. The van der Waals surface area contributed by atoms with Gasteiger partial charge in [0.2, 0.25) is 0 Å². The number of quaternary nitrogens is 1. The van der Waals surface area contributed by atoms with Gasteiger partial charge in [-0.1, -0.05) is 0 Å². The second-order valence-electron chi connectivity index (χ2n) is 6.92. The molecule has 0 radical (unpaired) electrons. The van der Waals surface area contributed by atoms with Crippen LogP contribution in [-0.4, -0.2) is 50.3 Å². The van der Waals surface area contributed by atoms with Gasteiger partial charge in [0.25, 0.3) is 5.91 Å². The highest BCUT2D eigenvalue weighted by Gasteiger charge is 2.30. The van der Waals surface area contributed by atoms with E-state index in [-0.39, 0.29) is 24.1 Å². The summed E-state index contributed by atoms with van der Waals surface area (Å²) in [5.74, 6) is -0.375. The van der Waals surface area contributed by atoms with Crippen LogP contribution in [-0.2, 0) is 27.1 Å². The number of amides is 1. The van der Waals surface area contributed by atoms with E-state index in [4.69, 9.17) is 9.47 Å². The van der Waals surface area contributed by atoms with E-state index < -0.39 is 0 Å². The maximum atomic E-state index is 12.5. The molecule has 7 heteroatoms. The molecule has 2 aliphatic rings. The predicted molar refractivity (Wildman–Crippen MR) is 96.5 cm³/mol. The Hall–Kier alpha value is -1.44. The molecule has 2 heterocycles. The van der Waals surface area contributed by atoms with E-state index >= 15 is 0 Å². The summed E-state index contributed by atoms with van der Waals surface area (Å²) >= 11 is 1.53. The minimum atomic E-state index is -0.321. The van der Waals surface area contributed by atoms with Crippen LogP contribution in [0.25, 0.3) is 0 Å². The molecule has 3 rings (SSSR count). The number of nitrogens with one attached hydrogen (secondary N) is 2. The third-order valence-corrected chi connectivity index (χ3v) is 5.89. The molecule has 6 nitrogen and oxygen atoms in total. The first-order chi connectivity index (χ1) is 12.0. The van der Waals surface area contributed by atoms with Crippen LogP contribution >= 0.6 is 11.3 Å². The van der Waals surface area contributed by atoms with E-state index in [1.165, 1.54) is 21.1 Å². The average molecular weight is 367 g/mol. The fourth-order valence-electron chi connectivity index (χ4n) is 3.84. The van der Waals surface area contributed by atoms with Crippen LogP contribution in [0.3, 0.4) is 0 Å². The first-order valence-corrected chi connectivity index (χ1v) is 9.90. The SMILES string of the molecule is CCOC(=O)c1c(NC(=O)C[NH+]2C[C@H](C)O[C@@H](C)C2)sc2c1CCC2. The Morgan fingerprint density at radius 1 is 1.28 bits per heavy atom. The lowest BCUT2D eigenvalue weighted by Crippen LogP contribution is -3.16. The summed E-state index contributed by atoms with van der Waals surface area (Å²) in [6.07, 6.45) is 3.25. The number of anilines is 1. The second-order valence-corrected chi connectivity index (χ2v) is 8.03. The van der Waals surface area contributed by atoms with Crippen molar-refractivity contribution in [2.75, 3.05) is 31.6 Å². The van der Waals surface area contributed by atoms with E-state index in [2.05, 4.69) is 5.32 Å². The third-order valence-electron chi connectivity index (χ3n) is 4.68. The van der Waals surface area contributed by atoms with E-state index in [9.17, 15) is 9.59 Å². The Balaban J connectivity index is 1.70. The summed E-state index contributed by atoms with van der Waals surface area (Å²) in [6.45, 7) is 8.25. The van der Waals surface area contributed by atoms with Gasteiger partial charge in [-0.3, -0.25) is 4.79 Å². The number of ether oxygens (including phenoxy) is 2. The number of carbonyl (C=O) groups excluding carboxylic acids is 2. The zero-order chi connectivity index (χ0) is 18.0. The molecule has 0 aromatic carbocycles. The van der Waals surface area contributed by atoms with E-state index in [1.807, 2.05) is 13.8 Å². The number of fused-ring (bicyclic) bond motifs is 1. The van der Waals surface area contributed by atoms with E-state index in [0.717, 1.165) is 37.9 Å². The molecular formula is C18H27N2O4S+. The topological polar surface area (TPSA) is 69.1 Å². The number of hydrogen-bond acceptors (Lipinski definition) is 5. The average Bonchev–Trinajstić information content (AvgIpc) is 3.06. The van der Waals surface area contributed by atoms with Crippen molar-refractivity contribution in [3.63, 3.8) is 0 Å². The van der Waals surface area contributed by atoms with Gasteiger partial charge in [-0.2, -0.15) is 0 Å². The van der Waals surface area contributed by atoms with Gasteiger partial charge >= 0.3 is 5.97 Å². The van der Waals surface area contributed by atoms with Gasteiger partial charge < -0.3 is 19.7 Å². The number of hydrogen-bond donors (Lipinski definition) is 2. The molecule has 1 aliphatic heterocycles. The summed E-state index contributed by atoms with van der Waals surface area (Å²) < 4.78 is 10.9. The summed E-state index contributed by atoms with van der Waals surface area (Å²) in [5.41, 5.74) is 1.64. The van der Waals surface area contributed by atoms with Crippen molar-refractivity contribution in [1.82, 2.24) is 0 Å². The van der Waals surface area contributed by atoms with Gasteiger partial charge in [0.1, 0.15) is 30.3 Å². The summed E-state index contributed by atoms with van der Waals surface area (Å²) in [5, 5.41) is 3.63. The molecule has 0 spiro atoms. The normalized spacial score (nSPS) is 25.5. The Morgan fingerprint density at radius 2 is 2.00 bits per heavy atom. The van der Waals surface area contributed by atoms with Crippen LogP contribution in [0.1, 0.15) is 48.0 Å². The number of esters is 1. The Labute approximate surface area is 152 Å². The van der Waals surface area contributed by atoms with Gasteiger partial charge in [0.05, 0.1) is 12.2 Å². The molecular weight excluding hydrogens is 340 g/mol. The molecule has 1 aromatic rings. The quantitative estimate of drug-likeness (QED) is 0.763. The highest BCUT2D eigenvalue weighted by molar-refractivity contribution is 7.17. The van der Waals surface area contributed by atoms with Gasteiger partial charge in [0, 0.05) is 4.88 Å². The van der Waals surface area contributed by atoms with Crippen molar-refractivity contribution in [2.45, 2.75) is 52.2 Å². The molecule has 1 amide bonds. The maximum absolute atomic E-state index is 12.5. The first kappa shape index (κ1) is 18.4. The minimum absolute atomic E-state index is 0.0539. The molecule has 0 bridgehead atoms. The highest BCUT2D eigenvalue weighted by Crippen LogP contribution is 2.39. The molecule has 138 valence electrons. The van der Waals surface area contributed by atoms with Crippen LogP contribution in [0.5, 0.6) is 0 Å². The molecule has 1 saturated heterocycles. The molecule has 2 atom stereocenters. The van der Waals surface area contributed by atoms with Crippen LogP contribution in [0.2, 0.25) is 0 Å². The fourth-order valence-corrected chi connectivity index (χ4v) is 5.14. The number of aryl methyl sites for hydroxylation is 1. The van der Waals surface area contributed by atoms with Gasteiger partial charge in [-0.05, 0) is 45.6 Å². The number of rotatable bonds is 5. The Kier molecular flexibility index (Phi) is 5.76. The summed E-state index contributed by atoms with van der Waals surface area (Å²) in [7, 11) is 0.